The largest absolute Gasteiger partial charge is 0.325 e. The summed E-state index contributed by atoms with van der Waals surface area (Å²) in [5.74, 6) is 3.68. The van der Waals surface area contributed by atoms with Crippen molar-refractivity contribution in [1.29, 1.82) is 0 Å². The van der Waals surface area contributed by atoms with Gasteiger partial charge in [0.1, 0.15) is 6.54 Å². The molecule has 0 aliphatic heterocycles. The number of carbonyl (C=O) groups is 1. The molecule has 2 aromatic rings. The van der Waals surface area contributed by atoms with Gasteiger partial charge in [0.2, 0.25) is 15.9 Å². The number of carbonyl (C=O) groups excluding carboxylic acids is 1. The van der Waals surface area contributed by atoms with Gasteiger partial charge in [0, 0.05) is 10.7 Å². The number of anilines is 2. The lowest BCUT2D eigenvalue weighted by Crippen LogP contribution is -2.43. The predicted octanol–water partition coefficient (Wildman–Crippen LogP) is 5.94. The molecule has 1 N–H and O–H groups in total. The number of sulfonamides is 1. The van der Waals surface area contributed by atoms with Crippen LogP contribution in [0, 0.1) is 23.7 Å². The Kier molecular flexibility index (Phi) is 6.13. The summed E-state index contributed by atoms with van der Waals surface area (Å²) in [5.41, 5.74) is 2.24. The average Bonchev–Trinajstić information content (AvgIpc) is 2.72. The van der Waals surface area contributed by atoms with Crippen molar-refractivity contribution in [2.45, 2.75) is 38.0 Å². The van der Waals surface area contributed by atoms with Crippen LogP contribution in [0.4, 0.5) is 11.4 Å². The Morgan fingerprint density at radius 3 is 2.12 bits per heavy atom. The highest BCUT2D eigenvalue weighted by molar-refractivity contribution is 7.92. The zero-order chi connectivity index (χ0) is 23.3. The standard InChI is InChI=1S/C25H28Cl2N2O3S/c1-33(31,32)29(23-7-4-20(26)13-22(23)27)14-24(30)28-21-5-2-17(3-6-21)25-18-9-15-8-16(11-18)12-19(25)10-15/h2-7,13,15-16,18-19,25H,8-12,14H2,1H3,(H,28,30). The van der Waals surface area contributed by atoms with Crippen LogP contribution >= 0.6 is 23.2 Å². The fourth-order valence-corrected chi connectivity index (χ4v) is 8.08. The van der Waals surface area contributed by atoms with Crippen molar-refractivity contribution in [3.05, 3.63) is 58.1 Å². The van der Waals surface area contributed by atoms with Crippen molar-refractivity contribution >= 4 is 50.5 Å². The fraction of sp³-hybridized carbons (Fsp3) is 0.480. The summed E-state index contributed by atoms with van der Waals surface area (Å²) >= 11 is 12.1. The van der Waals surface area contributed by atoms with Gasteiger partial charge in [-0.1, -0.05) is 35.3 Å². The Balaban J connectivity index is 1.28. The highest BCUT2D eigenvalue weighted by Gasteiger charge is 2.48. The minimum atomic E-state index is -3.73. The number of hydrogen-bond acceptors (Lipinski definition) is 3. The summed E-state index contributed by atoms with van der Waals surface area (Å²) in [5, 5.41) is 3.38. The molecule has 5 nitrogen and oxygen atoms in total. The van der Waals surface area contributed by atoms with Crippen LogP contribution in [0.3, 0.4) is 0 Å². The molecule has 0 aromatic heterocycles. The third-order valence-electron chi connectivity index (χ3n) is 7.67. The lowest BCUT2D eigenvalue weighted by Gasteiger charge is -2.54. The van der Waals surface area contributed by atoms with Crippen molar-refractivity contribution in [1.82, 2.24) is 0 Å². The number of halogens is 2. The Labute approximate surface area is 205 Å². The van der Waals surface area contributed by atoms with E-state index in [0.717, 1.165) is 34.2 Å². The van der Waals surface area contributed by atoms with Crippen molar-refractivity contribution < 1.29 is 13.2 Å². The Morgan fingerprint density at radius 2 is 1.58 bits per heavy atom. The number of hydrogen-bond donors (Lipinski definition) is 1. The molecule has 4 bridgehead atoms. The van der Waals surface area contributed by atoms with Gasteiger partial charge in [0.15, 0.2) is 0 Å². The molecule has 4 fully saturated rings. The normalized spacial score (nSPS) is 28.0. The van der Waals surface area contributed by atoms with Crippen molar-refractivity contribution in [2.24, 2.45) is 23.7 Å². The van der Waals surface area contributed by atoms with Gasteiger partial charge in [-0.05, 0) is 97.6 Å². The van der Waals surface area contributed by atoms with E-state index in [2.05, 4.69) is 17.4 Å². The van der Waals surface area contributed by atoms with E-state index in [9.17, 15) is 13.2 Å². The molecule has 4 aliphatic rings. The highest BCUT2D eigenvalue weighted by atomic mass is 35.5. The first-order chi connectivity index (χ1) is 15.7. The summed E-state index contributed by atoms with van der Waals surface area (Å²) in [4.78, 5) is 12.7. The van der Waals surface area contributed by atoms with Gasteiger partial charge in [-0.3, -0.25) is 9.10 Å². The second-order valence-corrected chi connectivity index (χ2v) is 12.7. The van der Waals surface area contributed by atoms with Crippen LogP contribution in [-0.4, -0.2) is 27.1 Å². The van der Waals surface area contributed by atoms with Crippen LogP contribution in [0.1, 0.15) is 43.6 Å². The number of nitrogens with one attached hydrogen (secondary N) is 1. The lowest BCUT2D eigenvalue weighted by atomic mass is 9.51. The number of amides is 1. The van der Waals surface area contributed by atoms with Gasteiger partial charge in [-0.2, -0.15) is 0 Å². The van der Waals surface area contributed by atoms with Crippen LogP contribution in [0.5, 0.6) is 0 Å². The highest BCUT2D eigenvalue weighted by Crippen LogP contribution is 2.59. The minimum absolute atomic E-state index is 0.167. The summed E-state index contributed by atoms with van der Waals surface area (Å²) in [6.45, 7) is -0.377. The van der Waals surface area contributed by atoms with Crippen LogP contribution < -0.4 is 9.62 Å². The Bertz CT molecular complexity index is 1140. The molecule has 0 saturated heterocycles. The van der Waals surface area contributed by atoms with Crippen LogP contribution in [-0.2, 0) is 14.8 Å². The fourth-order valence-electron chi connectivity index (χ4n) is 6.65. The van der Waals surface area contributed by atoms with Crippen molar-refractivity contribution in [3.8, 4) is 0 Å². The molecule has 4 aliphatic carbocycles. The molecule has 0 atom stereocenters. The monoisotopic (exact) mass is 506 g/mol. The number of benzene rings is 2. The van der Waals surface area contributed by atoms with Gasteiger partial charge in [-0.25, -0.2) is 8.42 Å². The third-order valence-corrected chi connectivity index (χ3v) is 9.34. The topological polar surface area (TPSA) is 66.5 Å². The molecule has 4 saturated carbocycles. The third kappa shape index (κ3) is 4.75. The van der Waals surface area contributed by atoms with Gasteiger partial charge in [0.25, 0.3) is 0 Å². The number of rotatable bonds is 6. The molecular weight excluding hydrogens is 479 g/mol. The molecule has 176 valence electrons. The molecule has 1 amide bonds. The van der Waals surface area contributed by atoms with E-state index >= 15 is 0 Å². The first-order valence-electron chi connectivity index (χ1n) is 11.5. The summed E-state index contributed by atoms with van der Waals surface area (Å²) in [7, 11) is -3.73. The maximum Gasteiger partial charge on any atom is 0.245 e. The molecular formula is C25H28Cl2N2O3S. The van der Waals surface area contributed by atoms with E-state index < -0.39 is 15.9 Å². The van der Waals surface area contributed by atoms with Gasteiger partial charge >= 0.3 is 0 Å². The summed E-state index contributed by atoms with van der Waals surface area (Å²) in [6.07, 6.45) is 7.95. The van der Waals surface area contributed by atoms with E-state index in [1.54, 1.807) is 6.07 Å². The lowest BCUT2D eigenvalue weighted by molar-refractivity contribution is -0.114. The van der Waals surface area contributed by atoms with E-state index in [-0.39, 0.29) is 17.3 Å². The average molecular weight is 507 g/mol. The number of nitrogens with zero attached hydrogens (tertiary/aromatic N) is 1. The van der Waals surface area contributed by atoms with Crippen LogP contribution in [0.2, 0.25) is 10.0 Å². The Hall–Kier alpha value is -1.76. The van der Waals surface area contributed by atoms with Gasteiger partial charge in [-0.15, -0.1) is 0 Å². The molecule has 0 spiro atoms. The van der Waals surface area contributed by atoms with E-state index in [1.807, 2.05) is 12.1 Å². The smallest absolute Gasteiger partial charge is 0.245 e. The summed E-state index contributed by atoms with van der Waals surface area (Å²) < 4.78 is 25.7. The Morgan fingerprint density at radius 1 is 0.970 bits per heavy atom. The molecule has 0 radical (unpaired) electrons. The first kappa shape index (κ1) is 23.0. The van der Waals surface area contributed by atoms with E-state index in [1.165, 1.54) is 49.8 Å². The van der Waals surface area contributed by atoms with Gasteiger partial charge in [0.05, 0.1) is 17.0 Å². The zero-order valence-electron chi connectivity index (χ0n) is 18.5. The van der Waals surface area contributed by atoms with E-state index in [4.69, 9.17) is 23.2 Å². The van der Waals surface area contributed by atoms with Crippen molar-refractivity contribution in [3.63, 3.8) is 0 Å². The van der Waals surface area contributed by atoms with Crippen molar-refractivity contribution in [2.75, 3.05) is 22.4 Å². The maximum absolute atomic E-state index is 12.7. The van der Waals surface area contributed by atoms with Crippen LogP contribution in [0.25, 0.3) is 0 Å². The molecule has 6 rings (SSSR count). The molecule has 33 heavy (non-hydrogen) atoms. The van der Waals surface area contributed by atoms with E-state index in [0.29, 0.717) is 16.6 Å². The maximum atomic E-state index is 12.7. The molecule has 0 unspecified atom stereocenters. The summed E-state index contributed by atoms with van der Waals surface area (Å²) in [6, 6.07) is 12.6. The molecule has 2 aromatic carbocycles. The van der Waals surface area contributed by atoms with Crippen LogP contribution in [0.15, 0.2) is 42.5 Å². The first-order valence-corrected chi connectivity index (χ1v) is 14.1. The molecule has 0 heterocycles. The quantitative estimate of drug-likeness (QED) is 0.527. The SMILES string of the molecule is CS(=O)(=O)N(CC(=O)Nc1ccc(C2C3CC4CC(C3)CC2C4)cc1)c1ccc(Cl)cc1Cl. The molecule has 8 heteroatoms. The second-order valence-electron chi connectivity index (χ2n) is 9.99. The second kappa shape index (κ2) is 8.79. The minimum Gasteiger partial charge on any atom is -0.325 e. The zero-order valence-corrected chi connectivity index (χ0v) is 20.8. The predicted molar refractivity (Wildman–Crippen MR) is 134 cm³/mol. The van der Waals surface area contributed by atoms with Gasteiger partial charge < -0.3 is 5.32 Å².